The van der Waals surface area contributed by atoms with Crippen LogP contribution in [0.3, 0.4) is 0 Å². The third-order valence-electron chi connectivity index (χ3n) is 14.8. The van der Waals surface area contributed by atoms with E-state index in [9.17, 15) is 0 Å². The lowest BCUT2D eigenvalue weighted by Gasteiger charge is -2.40. The lowest BCUT2D eigenvalue weighted by atomic mass is 9.65. The highest BCUT2D eigenvalue weighted by Gasteiger charge is 2.51. The minimum atomic E-state index is -0.561. The number of rotatable bonds is 7. The maximum Gasteiger partial charge on any atom is 0.0754 e. The fourth-order valence-electron chi connectivity index (χ4n) is 11.9. The van der Waals surface area contributed by atoms with Gasteiger partial charge in [0.1, 0.15) is 0 Å². The van der Waals surface area contributed by atoms with E-state index in [0.717, 1.165) is 44.9 Å². The van der Waals surface area contributed by atoms with Gasteiger partial charge in [-0.3, -0.25) is 0 Å². The standard InChI is InChI=1S/C67H44N2/c1-4-20-45(21-5-1)48-26-18-27-51(42-48)68(64-40-38-49(46-22-6-2-7-23-46)43-57(64)47-24-8-3-9-25-47)62-36-16-12-28-52(62)50-39-41-65-61(44-50)67(58-33-14-10-29-53(58)54-30-11-15-34-59(54)67)60-35-19-32-56-55-31-13-17-37-63(55)69(65)66(56)60/h1-44H. The summed E-state index contributed by atoms with van der Waals surface area (Å²) in [6.45, 7) is 0. The van der Waals surface area contributed by atoms with Crippen molar-refractivity contribution in [3.8, 4) is 61.3 Å². The van der Waals surface area contributed by atoms with Crippen molar-refractivity contribution in [1.82, 2.24) is 4.57 Å². The SMILES string of the molecule is c1ccc(-c2cccc(N(c3ccccc3-c3ccc4c(c3)C3(c5ccccc5-c5ccccc53)c3cccc5c6ccccc6n-4c35)c3ccc(-c4ccccc4)cc3-c3ccccc3)c2)cc1. The second-order valence-corrected chi connectivity index (χ2v) is 18.4. The van der Waals surface area contributed by atoms with E-state index in [1.807, 2.05) is 0 Å². The molecule has 0 saturated carbocycles. The second kappa shape index (κ2) is 15.6. The van der Waals surface area contributed by atoms with Crippen LogP contribution in [0.4, 0.5) is 17.1 Å². The highest BCUT2D eigenvalue weighted by atomic mass is 15.1. The first-order valence-corrected chi connectivity index (χ1v) is 23.9. The summed E-state index contributed by atoms with van der Waals surface area (Å²) < 4.78 is 2.54. The van der Waals surface area contributed by atoms with Crippen LogP contribution < -0.4 is 4.90 Å². The van der Waals surface area contributed by atoms with Crippen LogP contribution >= 0.6 is 0 Å². The lowest BCUT2D eigenvalue weighted by molar-refractivity contribution is 0.749. The number of anilines is 3. The molecule has 14 rings (SSSR count). The number of hydrogen-bond donors (Lipinski definition) is 0. The Morgan fingerprint density at radius 3 is 1.54 bits per heavy atom. The molecule has 0 N–H and O–H groups in total. The quantitative estimate of drug-likeness (QED) is 0.155. The minimum Gasteiger partial charge on any atom is -0.309 e. The van der Waals surface area contributed by atoms with Crippen molar-refractivity contribution >= 4 is 38.9 Å². The highest BCUT2D eigenvalue weighted by Crippen LogP contribution is 2.61. The molecule has 1 aliphatic heterocycles. The van der Waals surface area contributed by atoms with Crippen molar-refractivity contribution in [2.75, 3.05) is 4.90 Å². The Hall–Kier alpha value is -8.98. The van der Waals surface area contributed by atoms with Crippen LogP contribution in [-0.2, 0) is 5.41 Å². The van der Waals surface area contributed by atoms with E-state index in [-0.39, 0.29) is 0 Å². The molecule has 2 nitrogen and oxygen atoms in total. The Labute approximate surface area is 402 Å². The molecule has 69 heavy (non-hydrogen) atoms. The summed E-state index contributed by atoms with van der Waals surface area (Å²) in [6.07, 6.45) is 0. The Bertz CT molecular complexity index is 3910. The minimum absolute atomic E-state index is 0.561. The van der Waals surface area contributed by atoms with Crippen LogP contribution in [-0.4, -0.2) is 4.57 Å². The van der Waals surface area contributed by atoms with Crippen LogP contribution in [0.5, 0.6) is 0 Å². The van der Waals surface area contributed by atoms with E-state index in [1.165, 1.54) is 77.6 Å². The van der Waals surface area contributed by atoms with Gasteiger partial charge in [0.2, 0.25) is 0 Å². The van der Waals surface area contributed by atoms with E-state index in [2.05, 4.69) is 276 Å². The van der Waals surface area contributed by atoms with Gasteiger partial charge < -0.3 is 9.47 Å². The summed E-state index contributed by atoms with van der Waals surface area (Å²) in [5.74, 6) is 0. The first kappa shape index (κ1) is 39.2. The van der Waals surface area contributed by atoms with Gasteiger partial charge in [-0.2, -0.15) is 0 Å². The Morgan fingerprint density at radius 1 is 0.290 bits per heavy atom. The van der Waals surface area contributed by atoms with Gasteiger partial charge in [0, 0.05) is 27.6 Å². The summed E-state index contributed by atoms with van der Waals surface area (Å²) in [5, 5.41) is 2.55. The lowest BCUT2D eigenvalue weighted by Crippen LogP contribution is -2.33. The monoisotopic (exact) mass is 876 g/mol. The number of aromatic nitrogens is 1. The fourth-order valence-corrected chi connectivity index (χ4v) is 11.9. The molecule has 2 aliphatic rings. The molecule has 1 aromatic heterocycles. The molecule has 0 amide bonds. The van der Waals surface area contributed by atoms with E-state index in [1.54, 1.807) is 0 Å². The molecule has 0 bridgehead atoms. The molecule has 2 heteroatoms. The smallest absolute Gasteiger partial charge is 0.0754 e. The number of nitrogens with zero attached hydrogens (tertiary/aromatic N) is 2. The summed E-state index contributed by atoms with van der Waals surface area (Å²) in [6, 6.07) is 98.7. The average molecular weight is 877 g/mol. The zero-order valence-corrected chi connectivity index (χ0v) is 37.8. The van der Waals surface area contributed by atoms with Gasteiger partial charge in [0.15, 0.2) is 0 Å². The van der Waals surface area contributed by atoms with E-state index in [4.69, 9.17) is 0 Å². The van der Waals surface area contributed by atoms with Crippen LogP contribution in [0.2, 0.25) is 0 Å². The first-order valence-electron chi connectivity index (χ1n) is 23.9. The van der Waals surface area contributed by atoms with E-state index in [0.29, 0.717) is 0 Å². The maximum absolute atomic E-state index is 2.54. The van der Waals surface area contributed by atoms with Crippen molar-refractivity contribution < 1.29 is 0 Å². The van der Waals surface area contributed by atoms with Crippen LogP contribution in [0.1, 0.15) is 22.3 Å². The van der Waals surface area contributed by atoms with Gasteiger partial charge in [-0.15, -0.1) is 0 Å². The Kier molecular flexibility index (Phi) is 8.84. The molecule has 1 spiro atoms. The number of para-hydroxylation sites is 3. The molecular weight excluding hydrogens is 833 g/mol. The molecule has 12 aromatic rings. The normalized spacial score (nSPS) is 12.8. The summed E-state index contributed by atoms with van der Waals surface area (Å²) in [4.78, 5) is 2.49. The number of benzene rings is 11. The molecule has 322 valence electrons. The molecule has 2 heterocycles. The second-order valence-electron chi connectivity index (χ2n) is 18.4. The average Bonchev–Trinajstić information content (AvgIpc) is 3.93. The van der Waals surface area contributed by atoms with Gasteiger partial charge >= 0.3 is 0 Å². The highest BCUT2D eigenvalue weighted by molar-refractivity contribution is 6.13. The molecule has 11 aromatic carbocycles. The molecule has 1 aliphatic carbocycles. The van der Waals surface area contributed by atoms with Gasteiger partial charge in [0.25, 0.3) is 0 Å². The van der Waals surface area contributed by atoms with Crippen molar-refractivity contribution in [3.63, 3.8) is 0 Å². The van der Waals surface area contributed by atoms with Crippen LogP contribution in [0, 0.1) is 0 Å². The summed E-state index contributed by atoms with van der Waals surface area (Å²) in [5.41, 5.74) is 23.6. The first-order chi connectivity index (χ1) is 34.3. The molecule has 0 fully saturated rings. The van der Waals surface area contributed by atoms with Crippen LogP contribution in [0.15, 0.2) is 267 Å². The number of fused-ring (bicyclic) bond motifs is 12. The topological polar surface area (TPSA) is 8.17 Å². The fraction of sp³-hybridized carbons (Fsp3) is 0.0149. The molecule has 0 saturated heterocycles. The van der Waals surface area contributed by atoms with Crippen LogP contribution in [0.25, 0.3) is 83.1 Å². The summed E-state index contributed by atoms with van der Waals surface area (Å²) >= 11 is 0. The maximum atomic E-state index is 2.54. The predicted octanol–water partition coefficient (Wildman–Crippen LogP) is 17.6. The van der Waals surface area contributed by atoms with Gasteiger partial charge in [0.05, 0.1) is 33.5 Å². The van der Waals surface area contributed by atoms with Crippen molar-refractivity contribution in [3.05, 3.63) is 289 Å². The number of hydrogen-bond acceptors (Lipinski definition) is 1. The molecule has 0 radical (unpaired) electrons. The molecule has 0 unspecified atom stereocenters. The van der Waals surface area contributed by atoms with Gasteiger partial charge in [-0.25, -0.2) is 0 Å². The summed E-state index contributed by atoms with van der Waals surface area (Å²) in [7, 11) is 0. The molecular formula is C67H44N2. The van der Waals surface area contributed by atoms with Gasteiger partial charge in [-0.05, 0) is 115 Å². The zero-order chi connectivity index (χ0) is 45.5. The van der Waals surface area contributed by atoms with Crippen molar-refractivity contribution in [2.24, 2.45) is 0 Å². The van der Waals surface area contributed by atoms with Crippen molar-refractivity contribution in [1.29, 1.82) is 0 Å². The Morgan fingerprint density at radius 2 is 0.812 bits per heavy atom. The van der Waals surface area contributed by atoms with Gasteiger partial charge in [-0.1, -0.05) is 218 Å². The third-order valence-corrected chi connectivity index (χ3v) is 14.8. The van der Waals surface area contributed by atoms with E-state index >= 15 is 0 Å². The third kappa shape index (κ3) is 5.86. The van der Waals surface area contributed by atoms with E-state index < -0.39 is 5.41 Å². The Balaban J connectivity index is 1.05. The van der Waals surface area contributed by atoms with Crippen molar-refractivity contribution in [2.45, 2.75) is 5.41 Å². The molecule has 0 atom stereocenters. The zero-order valence-electron chi connectivity index (χ0n) is 37.8. The predicted molar refractivity (Wildman–Crippen MR) is 288 cm³/mol. The largest absolute Gasteiger partial charge is 0.309 e.